The second-order valence-corrected chi connectivity index (χ2v) is 8.00. The summed E-state index contributed by atoms with van der Waals surface area (Å²) >= 11 is 0. The van der Waals surface area contributed by atoms with Crippen molar-refractivity contribution in [1.82, 2.24) is 30.3 Å². The van der Waals surface area contributed by atoms with E-state index >= 15 is 0 Å². The van der Waals surface area contributed by atoms with Gasteiger partial charge in [0.25, 0.3) is 0 Å². The number of likely N-dealkylation sites (N-methyl/N-ethyl adjacent to an activating group) is 1. The van der Waals surface area contributed by atoms with E-state index in [0.717, 1.165) is 24.4 Å². The molecule has 8 nitrogen and oxygen atoms in total. The van der Waals surface area contributed by atoms with Crippen LogP contribution >= 0.6 is 0 Å². The average molecular weight is 400 g/mol. The van der Waals surface area contributed by atoms with E-state index in [0.29, 0.717) is 19.0 Å². The first kappa shape index (κ1) is 22.4. The Morgan fingerprint density at radius 2 is 1.97 bits per heavy atom. The van der Waals surface area contributed by atoms with Crippen molar-refractivity contribution in [3.05, 3.63) is 48.0 Å². The quantitative estimate of drug-likeness (QED) is 0.522. The van der Waals surface area contributed by atoms with Crippen molar-refractivity contribution >= 4 is 11.9 Å². The number of nitrogens with zero attached hydrogens (tertiary/aromatic N) is 5. The van der Waals surface area contributed by atoms with Crippen LogP contribution in [-0.2, 0) is 24.3 Å². The molecule has 0 aliphatic rings. The average Bonchev–Trinajstić information content (AvgIpc) is 3.11. The van der Waals surface area contributed by atoms with E-state index in [-0.39, 0.29) is 18.0 Å². The topological polar surface area (TPSA) is 87.4 Å². The number of nitrogens with one attached hydrogen (secondary N) is 2. The largest absolute Gasteiger partial charge is 0.354 e. The Bertz CT molecular complexity index is 793. The number of rotatable bonds is 8. The highest BCUT2D eigenvalue weighted by Gasteiger charge is 2.17. The number of carbonyl (C=O) groups excluding carboxylic acids is 1. The van der Waals surface area contributed by atoms with Crippen LogP contribution < -0.4 is 10.6 Å². The summed E-state index contributed by atoms with van der Waals surface area (Å²) in [4.78, 5) is 18.9. The molecule has 0 unspecified atom stereocenters. The Morgan fingerprint density at radius 3 is 2.62 bits per heavy atom. The maximum absolute atomic E-state index is 12.3. The lowest BCUT2D eigenvalue weighted by Crippen LogP contribution is -2.49. The van der Waals surface area contributed by atoms with Crippen LogP contribution in [0.2, 0.25) is 0 Å². The van der Waals surface area contributed by atoms with Crippen LogP contribution in [0, 0.1) is 0 Å². The highest BCUT2D eigenvalue weighted by Crippen LogP contribution is 2.02. The molecule has 2 rings (SSSR count). The Kier molecular flexibility index (Phi) is 8.18. The summed E-state index contributed by atoms with van der Waals surface area (Å²) in [5.74, 6) is 1.60. The van der Waals surface area contributed by atoms with Crippen molar-refractivity contribution < 1.29 is 4.79 Å². The van der Waals surface area contributed by atoms with Crippen LogP contribution in [-0.4, -0.2) is 57.2 Å². The predicted molar refractivity (Wildman–Crippen MR) is 116 cm³/mol. The third kappa shape index (κ3) is 7.93. The third-order valence-corrected chi connectivity index (χ3v) is 4.16. The summed E-state index contributed by atoms with van der Waals surface area (Å²) in [5.41, 5.74) is 0.851. The summed E-state index contributed by atoms with van der Waals surface area (Å²) in [6, 6.07) is 10.1. The van der Waals surface area contributed by atoms with Crippen LogP contribution in [0.4, 0.5) is 0 Å². The number of aryl methyl sites for hydroxylation is 1. The second kappa shape index (κ2) is 10.6. The van der Waals surface area contributed by atoms with Gasteiger partial charge in [-0.2, -0.15) is 0 Å². The Hall–Kier alpha value is -2.90. The highest BCUT2D eigenvalue weighted by atomic mass is 16.2. The molecular weight excluding hydrogens is 366 g/mol. The number of carbonyl (C=O) groups is 1. The van der Waals surface area contributed by atoms with Crippen LogP contribution in [0.5, 0.6) is 0 Å². The first-order valence-corrected chi connectivity index (χ1v) is 9.99. The molecule has 1 aromatic carbocycles. The van der Waals surface area contributed by atoms with Gasteiger partial charge in [0.1, 0.15) is 12.2 Å². The highest BCUT2D eigenvalue weighted by molar-refractivity contribution is 5.86. The van der Waals surface area contributed by atoms with Crippen molar-refractivity contribution in [2.45, 2.75) is 52.7 Å². The van der Waals surface area contributed by atoms with Gasteiger partial charge in [-0.05, 0) is 26.3 Å². The first-order valence-electron chi connectivity index (χ1n) is 9.99. The molecule has 0 spiro atoms. The molecule has 0 radical (unpaired) electrons. The molecule has 1 aromatic heterocycles. The monoisotopic (exact) mass is 399 g/mol. The van der Waals surface area contributed by atoms with Gasteiger partial charge in [-0.1, -0.05) is 37.3 Å². The lowest BCUT2D eigenvalue weighted by Gasteiger charge is -2.25. The van der Waals surface area contributed by atoms with E-state index in [1.165, 1.54) is 0 Å². The van der Waals surface area contributed by atoms with Crippen LogP contribution in [0.1, 0.15) is 39.1 Å². The second-order valence-electron chi connectivity index (χ2n) is 8.00. The van der Waals surface area contributed by atoms with E-state index in [2.05, 4.69) is 27.8 Å². The molecule has 0 bridgehead atoms. The Labute approximate surface area is 173 Å². The van der Waals surface area contributed by atoms with Crippen molar-refractivity contribution in [1.29, 1.82) is 0 Å². The fourth-order valence-electron chi connectivity index (χ4n) is 2.84. The Balaban J connectivity index is 2.02. The molecule has 0 saturated carbocycles. The first-order chi connectivity index (χ1) is 13.8. The molecule has 0 aliphatic heterocycles. The normalized spacial score (nSPS) is 12.0. The smallest absolute Gasteiger partial charge is 0.240 e. The van der Waals surface area contributed by atoms with Gasteiger partial charge in [0.15, 0.2) is 5.96 Å². The third-order valence-electron chi connectivity index (χ3n) is 4.16. The number of amides is 1. The number of hydrogen-bond acceptors (Lipinski definition) is 4. The lowest BCUT2D eigenvalue weighted by atomic mass is 10.1. The maximum Gasteiger partial charge on any atom is 0.240 e. The zero-order valence-corrected chi connectivity index (χ0v) is 18.1. The zero-order valence-electron chi connectivity index (χ0n) is 18.1. The van der Waals surface area contributed by atoms with Gasteiger partial charge >= 0.3 is 0 Å². The van der Waals surface area contributed by atoms with Crippen LogP contribution in [0.3, 0.4) is 0 Å². The molecule has 1 heterocycles. The SMILES string of the molecule is CCc1nncn1CCNC(=NCc1ccccc1)N(C)CC(=O)NC(C)(C)C. The molecule has 158 valence electrons. The summed E-state index contributed by atoms with van der Waals surface area (Å²) < 4.78 is 2.02. The lowest BCUT2D eigenvalue weighted by molar-refractivity contribution is -0.122. The predicted octanol–water partition coefficient (Wildman–Crippen LogP) is 1.83. The summed E-state index contributed by atoms with van der Waals surface area (Å²) in [6.07, 6.45) is 2.57. The Morgan fingerprint density at radius 1 is 1.24 bits per heavy atom. The van der Waals surface area contributed by atoms with Crippen molar-refractivity contribution in [3.8, 4) is 0 Å². The molecule has 2 N–H and O–H groups in total. The summed E-state index contributed by atoms with van der Waals surface area (Å²) in [7, 11) is 1.87. The van der Waals surface area contributed by atoms with Crippen molar-refractivity contribution in [2.75, 3.05) is 20.1 Å². The maximum atomic E-state index is 12.3. The number of aromatic nitrogens is 3. The van der Waals surface area contributed by atoms with Gasteiger partial charge in [0.05, 0.1) is 13.1 Å². The van der Waals surface area contributed by atoms with Gasteiger partial charge in [-0.25, -0.2) is 4.99 Å². The number of aliphatic imine (C=N–C) groups is 1. The van der Waals surface area contributed by atoms with E-state index in [1.807, 2.05) is 67.6 Å². The minimum atomic E-state index is -0.266. The van der Waals surface area contributed by atoms with Crippen molar-refractivity contribution in [3.63, 3.8) is 0 Å². The summed E-state index contributed by atoms with van der Waals surface area (Å²) in [6.45, 7) is 10.1. The van der Waals surface area contributed by atoms with Crippen LogP contribution in [0.15, 0.2) is 41.7 Å². The van der Waals surface area contributed by atoms with Gasteiger partial charge in [-0.3, -0.25) is 4.79 Å². The molecule has 0 saturated heterocycles. The summed E-state index contributed by atoms with van der Waals surface area (Å²) in [5, 5.41) is 14.4. The molecule has 0 fully saturated rings. The van der Waals surface area contributed by atoms with Gasteiger partial charge in [0.2, 0.25) is 5.91 Å². The van der Waals surface area contributed by atoms with Crippen molar-refractivity contribution in [2.24, 2.45) is 4.99 Å². The van der Waals surface area contributed by atoms with Crippen LogP contribution in [0.25, 0.3) is 0 Å². The minimum Gasteiger partial charge on any atom is -0.354 e. The molecule has 8 heteroatoms. The standard InChI is InChI=1S/C21H33N7O/c1-6-18-26-24-16-28(18)13-12-22-20(23-14-17-10-8-7-9-11-17)27(5)15-19(29)25-21(2,3)4/h7-11,16H,6,12-15H2,1-5H3,(H,22,23)(H,25,29). The fourth-order valence-corrected chi connectivity index (χ4v) is 2.84. The molecule has 2 aromatic rings. The molecule has 0 atom stereocenters. The van der Waals surface area contributed by atoms with Gasteiger partial charge < -0.3 is 20.1 Å². The molecule has 0 aliphatic carbocycles. The fraction of sp³-hybridized carbons (Fsp3) is 0.524. The molecular formula is C21H33N7O. The van der Waals surface area contributed by atoms with E-state index in [4.69, 9.17) is 4.99 Å². The van der Waals surface area contributed by atoms with Gasteiger partial charge in [-0.15, -0.1) is 10.2 Å². The number of guanidine groups is 1. The number of hydrogen-bond donors (Lipinski definition) is 2. The molecule has 29 heavy (non-hydrogen) atoms. The van der Waals surface area contributed by atoms with E-state index in [1.54, 1.807) is 6.33 Å². The molecule has 1 amide bonds. The van der Waals surface area contributed by atoms with E-state index in [9.17, 15) is 4.79 Å². The zero-order chi connectivity index (χ0) is 21.3. The van der Waals surface area contributed by atoms with E-state index < -0.39 is 0 Å². The minimum absolute atomic E-state index is 0.0405. The van der Waals surface area contributed by atoms with Gasteiger partial charge in [0, 0.05) is 32.1 Å². The number of benzene rings is 1.